The second-order valence-electron chi connectivity index (χ2n) is 6.07. The SMILES string of the molecule is CS(=O)(=O)Cl.C[C@@H](O)C[C@@H](C)O.C[C@H](C[C@@H](C)OS(C)(=O)=O)OS(C)(=O)=O. The van der Waals surface area contributed by atoms with Crippen molar-refractivity contribution in [2.75, 3.05) is 18.8 Å². The minimum atomic E-state index is -3.52. The first-order valence-corrected chi connectivity index (χ1v) is 14.0. The average Bonchev–Trinajstić information content (AvgIpc) is 2.17. The molecule has 0 unspecified atom stereocenters. The van der Waals surface area contributed by atoms with E-state index in [-0.39, 0.29) is 18.6 Å². The quantitative estimate of drug-likeness (QED) is 0.369. The lowest BCUT2D eigenvalue weighted by Crippen LogP contribution is -2.22. The monoisotopic (exact) mass is 478 g/mol. The second kappa shape index (κ2) is 14.0. The van der Waals surface area contributed by atoms with E-state index in [2.05, 4.69) is 19.0 Å². The molecule has 0 aliphatic rings. The number of rotatable bonds is 8. The number of aliphatic hydroxyl groups is 2. The fraction of sp³-hybridized carbons (Fsp3) is 1.00. The summed E-state index contributed by atoms with van der Waals surface area (Å²) >= 11 is 0. The molecule has 0 aromatic rings. The largest absolute Gasteiger partial charge is 0.393 e. The van der Waals surface area contributed by atoms with Crippen molar-refractivity contribution in [2.45, 2.75) is 65.0 Å². The van der Waals surface area contributed by atoms with Crippen LogP contribution in [0.1, 0.15) is 40.5 Å². The summed E-state index contributed by atoms with van der Waals surface area (Å²) in [5.74, 6) is 0. The zero-order valence-corrected chi connectivity index (χ0v) is 19.7. The summed E-state index contributed by atoms with van der Waals surface area (Å²) in [4.78, 5) is 0. The minimum absolute atomic E-state index is 0.181. The van der Waals surface area contributed by atoms with Crippen LogP contribution in [0.4, 0.5) is 0 Å². The van der Waals surface area contributed by atoms with Gasteiger partial charge in [-0.15, -0.1) is 0 Å². The first-order chi connectivity index (χ1) is 11.6. The van der Waals surface area contributed by atoms with E-state index in [9.17, 15) is 25.3 Å². The Morgan fingerprint density at radius 2 is 0.926 bits per heavy atom. The highest BCUT2D eigenvalue weighted by Gasteiger charge is 2.17. The van der Waals surface area contributed by atoms with Crippen LogP contribution >= 0.6 is 10.7 Å². The molecule has 0 aromatic heterocycles. The summed E-state index contributed by atoms with van der Waals surface area (Å²) in [6, 6.07) is 0. The highest BCUT2D eigenvalue weighted by molar-refractivity contribution is 8.13. The summed E-state index contributed by atoms with van der Waals surface area (Å²) in [6.07, 6.45) is 1.47. The van der Waals surface area contributed by atoms with E-state index in [1.165, 1.54) is 13.8 Å². The van der Waals surface area contributed by atoms with Crippen LogP contribution < -0.4 is 0 Å². The first kappa shape index (κ1) is 31.7. The Balaban J connectivity index is -0.000000396. The molecular formula is C13H31ClO10S3. The first-order valence-electron chi connectivity index (χ1n) is 7.64. The van der Waals surface area contributed by atoms with Gasteiger partial charge in [0, 0.05) is 17.1 Å². The lowest BCUT2D eigenvalue weighted by Gasteiger charge is -2.15. The molecule has 0 rings (SSSR count). The Labute approximate surface area is 167 Å². The van der Waals surface area contributed by atoms with Gasteiger partial charge in [0.25, 0.3) is 20.2 Å². The zero-order valence-electron chi connectivity index (χ0n) is 16.5. The smallest absolute Gasteiger partial charge is 0.264 e. The van der Waals surface area contributed by atoms with Crippen LogP contribution in [0.5, 0.6) is 0 Å². The van der Waals surface area contributed by atoms with Gasteiger partial charge in [0.15, 0.2) is 0 Å². The molecule has 0 aliphatic heterocycles. The van der Waals surface area contributed by atoms with Crippen molar-refractivity contribution in [3.05, 3.63) is 0 Å². The van der Waals surface area contributed by atoms with Gasteiger partial charge in [-0.05, 0) is 34.1 Å². The van der Waals surface area contributed by atoms with E-state index in [1.807, 2.05) is 0 Å². The molecule has 0 amide bonds. The van der Waals surface area contributed by atoms with Crippen LogP contribution in [0.3, 0.4) is 0 Å². The molecule has 10 nitrogen and oxygen atoms in total. The molecule has 2 N–H and O–H groups in total. The number of hydrogen-bond acceptors (Lipinski definition) is 10. The topological polar surface area (TPSA) is 161 Å². The molecule has 0 heterocycles. The third-order valence-electron chi connectivity index (χ3n) is 2.02. The van der Waals surface area contributed by atoms with E-state index in [0.29, 0.717) is 6.42 Å². The van der Waals surface area contributed by atoms with Crippen LogP contribution in [-0.2, 0) is 37.7 Å². The van der Waals surface area contributed by atoms with Crippen LogP contribution in [0, 0.1) is 0 Å². The summed E-state index contributed by atoms with van der Waals surface area (Å²) in [7, 11) is -5.73. The molecule has 0 aromatic carbocycles. The Morgan fingerprint density at radius 1 is 0.704 bits per heavy atom. The van der Waals surface area contributed by atoms with Gasteiger partial charge in [-0.1, -0.05) is 0 Å². The summed E-state index contributed by atoms with van der Waals surface area (Å²) in [5.41, 5.74) is 0. The molecule has 0 saturated carbocycles. The Hall–Kier alpha value is -0.0200. The van der Waals surface area contributed by atoms with Crippen molar-refractivity contribution in [3.8, 4) is 0 Å². The van der Waals surface area contributed by atoms with Crippen molar-refractivity contribution >= 4 is 40.0 Å². The third-order valence-corrected chi connectivity index (χ3v) is 3.38. The summed E-state index contributed by atoms with van der Waals surface area (Å²) < 4.78 is 70.9. The fourth-order valence-corrected chi connectivity index (χ4v) is 2.99. The maximum Gasteiger partial charge on any atom is 0.264 e. The van der Waals surface area contributed by atoms with Gasteiger partial charge >= 0.3 is 0 Å². The second-order valence-corrected chi connectivity index (χ2v) is 12.3. The zero-order chi connectivity index (χ0) is 22.6. The van der Waals surface area contributed by atoms with Gasteiger partial charge in [0.2, 0.25) is 9.05 Å². The minimum Gasteiger partial charge on any atom is -0.393 e. The maximum absolute atomic E-state index is 10.7. The van der Waals surface area contributed by atoms with Gasteiger partial charge < -0.3 is 10.2 Å². The van der Waals surface area contributed by atoms with Crippen LogP contribution in [0.2, 0.25) is 0 Å². The van der Waals surface area contributed by atoms with E-state index in [0.717, 1.165) is 18.8 Å². The van der Waals surface area contributed by atoms with E-state index < -0.39 is 41.5 Å². The van der Waals surface area contributed by atoms with E-state index in [1.54, 1.807) is 13.8 Å². The molecule has 0 saturated heterocycles. The predicted octanol–water partition coefficient (Wildman–Crippen LogP) is 0.429. The van der Waals surface area contributed by atoms with Gasteiger partial charge in [0.1, 0.15) is 0 Å². The normalized spacial score (nSPS) is 16.7. The Bertz CT molecular complexity index is 632. The van der Waals surface area contributed by atoms with Gasteiger partial charge in [-0.2, -0.15) is 16.8 Å². The molecule has 0 fully saturated rings. The van der Waals surface area contributed by atoms with Crippen molar-refractivity contribution in [3.63, 3.8) is 0 Å². The molecule has 0 aliphatic carbocycles. The summed E-state index contributed by atoms with van der Waals surface area (Å²) in [6.45, 7) is 6.38. The van der Waals surface area contributed by atoms with E-state index in [4.69, 9.17) is 10.2 Å². The van der Waals surface area contributed by atoms with Gasteiger partial charge in [-0.25, -0.2) is 8.42 Å². The average molecular weight is 479 g/mol. The molecule has 4 atom stereocenters. The lowest BCUT2D eigenvalue weighted by atomic mass is 10.2. The molecular weight excluding hydrogens is 448 g/mol. The standard InChI is InChI=1S/C7H16O6S2.C5H12O2.CH3ClO2S/c1-6(12-14(3,8)9)5-7(2)13-15(4,10)11;1-4(6)3-5(2)7;1-5(2,3)4/h6-7H,5H2,1-4H3;4-7H,3H2,1-2H3;1H3/t6-,7-;4-,5-;/m11./s1. The molecule has 168 valence electrons. The molecule has 27 heavy (non-hydrogen) atoms. The maximum atomic E-state index is 10.7. The number of halogens is 1. The highest BCUT2D eigenvalue weighted by Crippen LogP contribution is 2.09. The van der Waals surface area contributed by atoms with E-state index >= 15 is 0 Å². The van der Waals surface area contributed by atoms with Crippen molar-refractivity contribution in [1.29, 1.82) is 0 Å². The fourth-order valence-electron chi connectivity index (χ4n) is 1.64. The Kier molecular flexibility index (Phi) is 16.5. The van der Waals surface area contributed by atoms with Gasteiger partial charge in [-0.3, -0.25) is 8.37 Å². The molecule has 0 spiro atoms. The van der Waals surface area contributed by atoms with Crippen molar-refractivity contribution < 1.29 is 43.8 Å². The molecule has 0 bridgehead atoms. The van der Waals surface area contributed by atoms with Crippen molar-refractivity contribution in [1.82, 2.24) is 0 Å². The predicted molar refractivity (Wildman–Crippen MR) is 104 cm³/mol. The number of aliphatic hydroxyl groups excluding tert-OH is 2. The van der Waals surface area contributed by atoms with Crippen LogP contribution in [0.15, 0.2) is 0 Å². The lowest BCUT2D eigenvalue weighted by molar-refractivity contribution is 0.102. The van der Waals surface area contributed by atoms with Crippen molar-refractivity contribution in [2.24, 2.45) is 0 Å². The third kappa shape index (κ3) is 46.2. The number of hydrogen-bond donors (Lipinski definition) is 2. The summed E-state index contributed by atoms with van der Waals surface area (Å²) in [5, 5.41) is 17.1. The Morgan fingerprint density at radius 3 is 1.04 bits per heavy atom. The van der Waals surface area contributed by atoms with Crippen LogP contribution in [0.25, 0.3) is 0 Å². The van der Waals surface area contributed by atoms with Crippen LogP contribution in [-0.4, -0.2) is 78.6 Å². The molecule has 0 radical (unpaired) electrons. The molecule has 14 heteroatoms. The highest BCUT2D eigenvalue weighted by atomic mass is 35.7. The van der Waals surface area contributed by atoms with Gasteiger partial charge in [0.05, 0.1) is 43.2 Å².